The minimum Gasteiger partial charge on any atom is -0.352 e. The number of H-pyrrole nitrogens is 1. The Kier molecular flexibility index (Phi) is 3.64. The number of rotatable bonds is 4. The Balaban J connectivity index is 2.34. The van der Waals surface area contributed by atoms with Crippen LogP contribution in [0.3, 0.4) is 0 Å². The Labute approximate surface area is 83.1 Å². The van der Waals surface area contributed by atoms with E-state index < -0.39 is 0 Å². The number of hydrogen-bond acceptors (Lipinski definition) is 3. The van der Waals surface area contributed by atoms with Crippen LogP contribution in [0.25, 0.3) is 0 Å². The molecule has 5 nitrogen and oxygen atoms in total. The fraction of sp³-hybridized carbons (Fsp3) is 0.556. The average Bonchev–Trinajstić information content (AvgIpc) is 2.46. The zero-order valence-corrected chi connectivity index (χ0v) is 8.50. The molecular weight excluding hydrogens is 180 g/mol. The number of carbonyl (C=O) groups is 1. The summed E-state index contributed by atoms with van der Waals surface area (Å²) >= 11 is 0. The van der Waals surface area contributed by atoms with Gasteiger partial charge in [0.1, 0.15) is 0 Å². The monoisotopic (exact) mass is 196 g/mol. The molecule has 0 saturated carbocycles. The van der Waals surface area contributed by atoms with Crippen molar-refractivity contribution in [2.75, 3.05) is 0 Å². The van der Waals surface area contributed by atoms with Crippen LogP contribution in [0.5, 0.6) is 0 Å². The molecule has 1 amide bonds. The Morgan fingerprint density at radius 2 is 2.50 bits per heavy atom. The highest BCUT2D eigenvalue weighted by Crippen LogP contribution is 2.01. The molecule has 78 valence electrons. The van der Waals surface area contributed by atoms with E-state index in [0.29, 0.717) is 13.0 Å². The van der Waals surface area contributed by atoms with Crippen molar-refractivity contribution in [3.63, 3.8) is 0 Å². The Hall–Kier alpha value is -1.36. The second kappa shape index (κ2) is 4.76. The van der Waals surface area contributed by atoms with E-state index in [9.17, 15) is 4.79 Å². The standard InChI is InChI=1S/C9H16N4O/c1-6(10)3-9(14)11-4-8-5-12-13-7(8)2/h5-6H,3-4,10H2,1-2H3,(H,11,14)(H,12,13). The summed E-state index contributed by atoms with van der Waals surface area (Å²) < 4.78 is 0. The van der Waals surface area contributed by atoms with Crippen LogP contribution in [0.4, 0.5) is 0 Å². The van der Waals surface area contributed by atoms with Gasteiger partial charge in [0.15, 0.2) is 0 Å². The first kappa shape index (κ1) is 10.7. The number of nitrogens with one attached hydrogen (secondary N) is 2. The molecule has 0 aliphatic heterocycles. The lowest BCUT2D eigenvalue weighted by Gasteiger charge is -2.06. The van der Waals surface area contributed by atoms with Crippen molar-refractivity contribution in [1.29, 1.82) is 0 Å². The first-order valence-electron chi connectivity index (χ1n) is 4.60. The molecule has 1 unspecified atom stereocenters. The van der Waals surface area contributed by atoms with E-state index >= 15 is 0 Å². The van der Waals surface area contributed by atoms with Crippen LogP contribution >= 0.6 is 0 Å². The van der Waals surface area contributed by atoms with Gasteiger partial charge in [-0.05, 0) is 13.8 Å². The molecule has 0 radical (unpaired) electrons. The molecule has 5 heteroatoms. The third kappa shape index (κ3) is 3.18. The molecule has 14 heavy (non-hydrogen) atoms. The number of nitrogens with two attached hydrogens (primary N) is 1. The minimum atomic E-state index is -0.0968. The lowest BCUT2D eigenvalue weighted by molar-refractivity contribution is -0.121. The topological polar surface area (TPSA) is 83.8 Å². The summed E-state index contributed by atoms with van der Waals surface area (Å²) in [4.78, 5) is 11.2. The van der Waals surface area contributed by atoms with Crippen LogP contribution in [0.2, 0.25) is 0 Å². The Morgan fingerprint density at radius 1 is 1.79 bits per heavy atom. The molecule has 0 aliphatic rings. The number of aromatic nitrogens is 2. The summed E-state index contributed by atoms with van der Waals surface area (Å²) in [7, 11) is 0. The molecule has 1 aromatic rings. The van der Waals surface area contributed by atoms with E-state index in [-0.39, 0.29) is 11.9 Å². The normalized spacial score (nSPS) is 12.5. The van der Waals surface area contributed by atoms with E-state index in [1.807, 2.05) is 13.8 Å². The van der Waals surface area contributed by atoms with Crippen LogP contribution in [0.1, 0.15) is 24.6 Å². The number of aryl methyl sites for hydroxylation is 1. The number of amides is 1. The largest absolute Gasteiger partial charge is 0.352 e. The molecule has 0 spiro atoms. The van der Waals surface area contributed by atoms with Crippen LogP contribution < -0.4 is 11.1 Å². The van der Waals surface area contributed by atoms with E-state index in [2.05, 4.69) is 15.5 Å². The Bertz CT molecular complexity index is 306. The van der Waals surface area contributed by atoms with Gasteiger partial charge in [-0.25, -0.2) is 0 Å². The van der Waals surface area contributed by atoms with Crippen LogP contribution in [0, 0.1) is 6.92 Å². The molecular formula is C9H16N4O. The smallest absolute Gasteiger partial charge is 0.221 e. The molecule has 1 rings (SSSR count). The number of hydrogen-bond donors (Lipinski definition) is 3. The van der Waals surface area contributed by atoms with Crippen molar-refractivity contribution in [2.45, 2.75) is 32.9 Å². The van der Waals surface area contributed by atoms with Crippen LogP contribution in [0.15, 0.2) is 6.20 Å². The molecule has 0 fully saturated rings. The summed E-state index contributed by atoms with van der Waals surface area (Å²) in [5.74, 6) is -0.0272. The van der Waals surface area contributed by atoms with Gasteiger partial charge >= 0.3 is 0 Å². The number of carbonyl (C=O) groups excluding carboxylic acids is 1. The minimum absolute atomic E-state index is 0.0272. The lowest BCUT2D eigenvalue weighted by atomic mass is 10.2. The molecule has 1 aromatic heterocycles. The molecule has 1 heterocycles. The van der Waals surface area contributed by atoms with Crippen molar-refractivity contribution < 1.29 is 4.79 Å². The van der Waals surface area contributed by atoms with Gasteiger partial charge in [-0.15, -0.1) is 0 Å². The SMILES string of the molecule is Cc1[nH]ncc1CNC(=O)CC(C)N. The van der Waals surface area contributed by atoms with Gasteiger partial charge in [-0.1, -0.05) is 0 Å². The summed E-state index contributed by atoms with van der Waals surface area (Å²) in [6, 6.07) is -0.0968. The average molecular weight is 196 g/mol. The van der Waals surface area contributed by atoms with Gasteiger partial charge in [0, 0.05) is 30.3 Å². The van der Waals surface area contributed by atoms with E-state index in [1.165, 1.54) is 0 Å². The van der Waals surface area contributed by atoms with Gasteiger partial charge in [0.25, 0.3) is 0 Å². The summed E-state index contributed by atoms with van der Waals surface area (Å²) in [6.45, 7) is 4.23. The van der Waals surface area contributed by atoms with Gasteiger partial charge in [-0.2, -0.15) is 5.10 Å². The van der Waals surface area contributed by atoms with Crippen molar-refractivity contribution in [1.82, 2.24) is 15.5 Å². The first-order chi connectivity index (χ1) is 6.59. The zero-order valence-electron chi connectivity index (χ0n) is 8.50. The maximum absolute atomic E-state index is 11.2. The van der Waals surface area contributed by atoms with Crippen LogP contribution in [-0.2, 0) is 11.3 Å². The molecule has 1 atom stereocenters. The van der Waals surface area contributed by atoms with E-state index in [4.69, 9.17) is 5.73 Å². The molecule has 4 N–H and O–H groups in total. The first-order valence-corrected chi connectivity index (χ1v) is 4.60. The molecule has 0 bridgehead atoms. The summed E-state index contributed by atoms with van der Waals surface area (Å²) in [5, 5.41) is 9.45. The van der Waals surface area contributed by atoms with Crippen LogP contribution in [-0.4, -0.2) is 22.1 Å². The van der Waals surface area contributed by atoms with Gasteiger partial charge in [0.2, 0.25) is 5.91 Å². The highest BCUT2D eigenvalue weighted by Gasteiger charge is 2.06. The Morgan fingerprint density at radius 3 is 3.00 bits per heavy atom. The third-order valence-electron chi connectivity index (χ3n) is 1.92. The maximum Gasteiger partial charge on any atom is 0.221 e. The van der Waals surface area contributed by atoms with Crippen molar-refractivity contribution in [3.05, 3.63) is 17.5 Å². The number of nitrogens with zero attached hydrogens (tertiary/aromatic N) is 1. The zero-order chi connectivity index (χ0) is 10.6. The van der Waals surface area contributed by atoms with E-state index in [0.717, 1.165) is 11.3 Å². The fourth-order valence-electron chi connectivity index (χ4n) is 1.11. The summed E-state index contributed by atoms with van der Waals surface area (Å²) in [5.41, 5.74) is 7.47. The lowest BCUT2D eigenvalue weighted by Crippen LogP contribution is -2.29. The van der Waals surface area contributed by atoms with Crippen molar-refractivity contribution in [3.8, 4) is 0 Å². The molecule has 0 saturated heterocycles. The number of aromatic amines is 1. The molecule has 0 aliphatic carbocycles. The predicted octanol–water partition coefficient (Wildman–Crippen LogP) is 0.0716. The van der Waals surface area contributed by atoms with Gasteiger partial charge in [0.05, 0.1) is 6.20 Å². The highest BCUT2D eigenvalue weighted by molar-refractivity contribution is 5.76. The second-order valence-corrected chi connectivity index (χ2v) is 3.48. The van der Waals surface area contributed by atoms with Gasteiger partial charge < -0.3 is 11.1 Å². The third-order valence-corrected chi connectivity index (χ3v) is 1.92. The van der Waals surface area contributed by atoms with E-state index in [1.54, 1.807) is 6.20 Å². The van der Waals surface area contributed by atoms with Crippen molar-refractivity contribution >= 4 is 5.91 Å². The fourth-order valence-corrected chi connectivity index (χ4v) is 1.11. The van der Waals surface area contributed by atoms with Gasteiger partial charge in [-0.3, -0.25) is 9.89 Å². The maximum atomic E-state index is 11.2. The second-order valence-electron chi connectivity index (χ2n) is 3.48. The molecule has 0 aromatic carbocycles. The summed E-state index contributed by atoms with van der Waals surface area (Å²) in [6.07, 6.45) is 2.07. The quantitative estimate of drug-likeness (QED) is 0.637. The highest BCUT2D eigenvalue weighted by atomic mass is 16.1. The van der Waals surface area contributed by atoms with Crippen molar-refractivity contribution in [2.24, 2.45) is 5.73 Å². The predicted molar refractivity (Wildman–Crippen MR) is 53.4 cm³/mol.